The molecule has 1 aromatic carbocycles. The number of H-pyrrole nitrogens is 1. The lowest BCUT2D eigenvalue weighted by atomic mass is 10.2. The van der Waals surface area contributed by atoms with Gasteiger partial charge in [-0.1, -0.05) is 15.9 Å². The average molecular weight is 423 g/mol. The number of esters is 1. The number of aromatic amines is 1. The number of furan rings is 1. The Kier molecular flexibility index (Phi) is 4.86. The normalized spacial score (nSPS) is 11.0. The van der Waals surface area contributed by atoms with Crippen LogP contribution in [-0.2, 0) is 11.3 Å². The number of benzene rings is 1. The summed E-state index contributed by atoms with van der Waals surface area (Å²) >= 11 is 3.22. The Morgan fingerprint density at radius 3 is 2.73 bits per heavy atom. The number of methoxy groups -OCH3 is 1. The number of hydrogen-bond acceptors (Lipinski definition) is 4. The third kappa shape index (κ3) is 3.37. The summed E-state index contributed by atoms with van der Waals surface area (Å²) in [7, 11) is 2.88. The van der Waals surface area contributed by atoms with E-state index in [1.165, 1.54) is 24.1 Å². The van der Waals surface area contributed by atoms with Crippen molar-refractivity contribution < 1.29 is 23.1 Å². The van der Waals surface area contributed by atoms with E-state index in [-0.39, 0.29) is 18.1 Å². The fourth-order valence-electron chi connectivity index (χ4n) is 2.72. The summed E-state index contributed by atoms with van der Waals surface area (Å²) in [6.45, 7) is 1.80. The van der Waals surface area contributed by atoms with Crippen molar-refractivity contribution in [1.82, 2.24) is 9.88 Å². The van der Waals surface area contributed by atoms with Crippen molar-refractivity contribution in [3.05, 3.63) is 57.3 Å². The van der Waals surface area contributed by atoms with Crippen molar-refractivity contribution in [3.63, 3.8) is 0 Å². The molecular formula is C18H16BrFN2O4. The molecule has 0 bridgehead atoms. The Labute approximate surface area is 157 Å². The van der Waals surface area contributed by atoms with Gasteiger partial charge in [0.1, 0.15) is 28.6 Å². The molecule has 0 aliphatic heterocycles. The molecule has 0 radical (unpaired) electrons. The number of halogens is 2. The Hall–Kier alpha value is -2.61. The van der Waals surface area contributed by atoms with Gasteiger partial charge in [0.25, 0.3) is 5.91 Å². The van der Waals surface area contributed by atoms with Gasteiger partial charge >= 0.3 is 5.97 Å². The van der Waals surface area contributed by atoms with Crippen LogP contribution in [0, 0.1) is 12.7 Å². The van der Waals surface area contributed by atoms with Crippen LogP contribution in [0.3, 0.4) is 0 Å². The first kappa shape index (κ1) is 18.2. The highest BCUT2D eigenvalue weighted by Crippen LogP contribution is 2.25. The monoisotopic (exact) mass is 422 g/mol. The summed E-state index contributed by atoms with van der Waals surface area (Å²) < 4.78 is 24.8. The second kappa shape index (κ2) is 6.95. The number of nitrogens with zero attached hydrogens (tertiary/aromatic N) is 1. The van der Waals surface area contributed by atoms with Crippen LogP contribution in [0.4, 0.5) is 4.39 Å². The van der Waals surface area contributed by atoms with E-state index in [4.69, 9.17) is 4.42 Å². The molecule has 0 spiro atoms. The van der Waals surface area contributed by atoms with Gasteiger partial charge in [-0.05, 0) is 31.2 Å². The van der Waals surface area contributed by atoms with Crippen molar-refractivity contribution in [2.24, 2.45) is 0 Å². The number of hydrogen-bond donors (Lipinski definition) is 1. The molecule has 136 valence electrons. The second-order valence-corrected chi connectivity index (χ2v) is 6.78. The zero-order valence-corrected chi connectivity index (χ0v) is 15.9. The molecule has 2 aromatic heterocycles. The molecule has 1 N–H and O–H groups in total. The minimum absolute atomic E-state index is 0.151. The quantitative estimate of drug-likeness (QED) is 0.643. The maximum atomic E-state index is 14.0. The van der Waals surface area contributed by atoms with Gasteiger partial charge in [-0.25, -0.2) is 9.18 Å². The minimum Gasteiger partial charge on any atom is -0.465 e. The number of rotatable bonds is 4. The summed E-state index contributed by atoms with van der Waals surface area (Å²) in [5.74, 6) is -0.376. The molecule has 1 amide bonds. The Bertz CT molecular complexity index is 1010. The van der Waals surface area contributed by atoms with Crippen LogP contribution in [-0.4, -0.2) is 35.9 Å². The maximum Gasteiger partial charge on any atom is 0.341 e. The van der Waals surface area contributed by atoms with Gasteiger partial charge in [0, 0.05) is 16.9 Å². The van der Waals surface area contributed by atoms with Gasteiger partial charge in [-0.2, -0.15) is 0 Å². The fourth-order valence-corrected chi connectivity index (χ4v) is 3.15. The summed E-state index contributed by atoms with van der Waals surface area (Å²) in [5.41, 5.74) is 1.10. The SMILES string of the molecule is COC(=O)c1cc(CN(C)C(=O)c2cc3c(F)cc(Br)cc3[nH]2)oc1C. The lowest BCUT2D eigenvalue weighted by Crippen LogP contribution is -2.26. The Morgan fingerprint density at radius 1 is 1.31 bits per heavy atom. The molecule has 3 aromatic rings. The number of amides is 1. The lowest BCUT2D eigenvalue weighted by molar-refractivity contribution is 0.0598. The van der Waals surface area contributed by atoms with Crippen LogP contribution >= 0.6 is 15.9 Å². The topological polar surface area (TPSA) is 75.5 Å². The van der Waals surface area contributed by atoms with Gasteiger partial charge < -0.3 is 19.0 Å². The summed E-state index contributed by atoms with van der Waals surface area (Å²) in [5, 5.41) is 0.340. The minimum atomic E-state index is -0.497. The van der Waals surface area contributed by atoms with Crippen molar-refractivity contribution in [2.45, 2.75) is 13.5 Å². The highest BCUT2D eigenvalue weighted by Gasteiger charge is 2.20. The smallest absolute Gasteiger partial charge is 0.341 e. The Balaban J connectivity index is 1.82. The molecule has 0 fully saturated rings. The number of carbonyl (C=O) groups excluding carboxylic acids is 2. The number of nitrogens with one attached hydrogen (secondary N) is 1. The first-order valence-corrected chi connectivity index (χ1v) is 8.50. The summed E-state index contributed by atoms with van der Waals surface area (Å²) in [4.78, 5) is 28.6. The predicted molar refractivity (Wildman–Crippen MR) is 96.5 cm³/mol. The van der Waals surface area contributed by atoms with Crippen LogP contribution in [0.2, 0.25) is 0 Å². The molecule has 0 aliphatic carbocycles. The lowest BCUT2D eigenvalue weighted by Gasteiger charge is -2.14. The van der Waals surface area contributed by atoms with Crippen LogP contribution in [0.25, 0.3) is 10.9 Å². The van der Waals surface area contributed by atoms with Gasteiger partial charge in [0.2, 0.25) is 0 Å². The highest BCUT2D eigenvalue weighted by molar-refractivity contribution is 9.10. The molecule has 0 saturated heterocycles. The largest absolute Gasteiger partial charge is 0.465 e. The van der Waals surface area contributed by atoms with E-state index < -0.39 is 11.8 Å². The van der Waals surface area contributed by atoms with E-state index in [1.54, 1.807) is 26.1 Å². The first-order valence-electron chi connectivity index (χ1n) is 7.71. The average Bonchev–Trinajstić information content (AvgIpc) is 3.17. The van der Waals surface area contributed by atoms with E-state index in [2.05, 4.69) is 25.7 Å². The number of fused-ring (bicyclic) bond motifs is 1. The fraction of sp³-hybridized carbons (Fsp3) is 0.222. The zero-order chi connectivity index (χ0) is 19.0. The van der Waals surface area contributed by atoms with Crippen molar-refractivity contribution in [1.29, 1.82) is 0 Å². The van der Waals surface area contributed by atoms with Crippen molar-refractivity contribution in [2.75, 3.05) is 14.2 Å². The molecule has 6 nitrogen and oxygen atoms in total. The highest BCUT2D eigenvalue weighted by atomic mass is 79.9. The molecule has 26 heavy (non-hydrogen) atoms. The molecule has 0 saturated carbocycles. The van der Waals surface area contributed by atoms with E-state index in [9.17, 15) is 14.0 Å². The first-order chi connectivity index (χ1) is 12.3. The molecule has 2 heterocycles. The summed E-state index contributed by atoms with van der Waals surface area (Å²) in [6.07, 6.45) is 0. The molecule has 0 aliphatic rings. The van der Waals surface area contributed by atoms with Crippen molar-refractivity contribution in [3.8, 4) is 0 Å². The number of ether oxygens (including phenoxy) is 1. The van der Waals surface area contributed by atoms with Gasteiger partial charge in [-0.3, -0.25) is 4.79 Å². The van der Waals surface area contributed by atoms with Gasteiger partial charge in [-0.15, -0.1) is 0 Å². The molecule has 3 rings (SSSR count). The third-order valence-corrected chi connectivity index (χ3v) is 4.45. The van der Waals surface area contributed by atoms with Crippen LogP contribution in [0.5, 0.6) is 0 Å². The number of aryl methyl sites for hydroxylation is 1. The van der Waals surface area contributed by atoms with Gasteiger partial charge in [0.15, 0.2) is 0 Å². The molecule has 0 unspecified atom stereocenters. The van der Waals surface area contributed by atoms with E-state index >= 15 is 0 Å². The van der Waals surface area contributed by atoms with Crippen LogP contribution in [0.15, 0.2) is 33.2 Å². The second-order valence-electron chi connectivity index (χ2n) is 5.87. The van der Waals surface area contributed by atoms with Gasteiger partial charge in [0.05, 0.1) is 19.2 Å². The zero-order valence-electron chi connectivity index (χ0n) is 14.4. The van der Waals surface area contributed by atoms with Crippen molar-refractivity contribution >= 4 is 38.7 Å². The molecule has 8 heteroatoms. The van der Waals surface area contributed by atoms with E-state index in [0.29, 0.717) is 32.5 Å². The summed E-state index contributed by atoms with van der Waals surface area (Å²) in [6, 6.07) is 6.07. The van der Waals surface area contributed by atoms with Crippen LogP contribution < -0.4 is 0 Å². The van der Waals surface area contributed by atoms with Crippen LogP contribution in [0.1, 0.15) is 32.4 Å². The Morgan fingerprint density at radius 2 is 2.04 bits per heavy atom. The third-order valence-electron chi connectivity index (χ3n) is 4.00. The molecule has 0 atom stereocenters. The standard InChI is InChI=1S/C18H16BrFN2O4/c1-9-12(18(24)25-3)6-11(26-9)8-22(2)17(23)16-7-13-14(20)4-10(19)5-15(13)21-16/h4-7,21H,8H2,1-3H3. The van der Waals surface area contributed by atoms with E-state index in [1.807, 2.05) is 0 Å². The number of aromatic nitrogens is 1. The maximum absolute atomic E-state index is 14.0. The molecular weight excluding hydrogens is 407 g/mol. The van der Waals surface area contributed by atoms with E-state index in [0.717, 1.165) is 0 Å². The predicted octanol–water partition coefficient (Wildman–Crippen LogP) is 4.03. The number of carbonyl (C=O) groups is 2.